The molecule has 0 spiro atoms. The summed E-state index contributed by atoms with van der Waals surface area (Å²) in [6, 6.07) is 0. The molecule has 5 nitrogen and oxygen atoms in total. The number of carboxylic acid groups (broad SMARTS) is 2. The van der Waals surface area contributed by atoms with Crippen molar-refractivity contribution in [3.05, 3.63) is 0 Å². The molecule has 0 atom stereocenters. The van der Waals surface area contributed by atoms with Gasteiger partial charge >= 0.3 is 49.7 Å². The van der Waals surface area contributed by atoms with Gasteiger partial charge in [-0.2, -0.15) is 0 Å². The third-order valence-corrected chi connectivity index (χ3v) is 0.550. The predicted molar refractivity (Wildman–Crippen MR) is 30.6 cm³/mol. The van der Waals surface area contributed by atoms with E-state index in [1.54, 1.807) is 0 Å². The number of carbonyl (C=O) groups is 3. The fourth-order valence-electron chi connectivity index (χ4n) is 0.213. The molecule has 6 heteroatoms. The quantitative estimate of drug-likeness (QED) is 0.315. The summed E-state index contributed by atoms with van der Waals surface area (Å²) in [5.74, 6) is -4.44. The first-order valence-electron chi connectivity index (χ1n) is 2.02. The number of hydrogen-bond donors (Lipinski definition) is 2. The van der Waals surface area contributed by atoms with Gasteiger partial charge in [0, 0.05) is 0 Å². The average molecular weight is 172 g/mol. The van der Waals surface area contributed by atoms with E-state index < -0.39 is 24.1 Å². The van der Waals surface area contributed by atoms with Crippen molar-refractivity contribution in [3.63, 3.8) is 0 Å². The minimum Gasteiger partial charge on any atom is -0.481 e. The number of carboxylic acids is 2. The zero-order valence-electron chi connectivity index (χ0n) is 5.03. The second-order valence-electron chi connectivity index (χ2n) is 1.30. The van der Waals surface area contributed by atoms with Crippen LogP contribution in [0.1, 0.15) is 6.42 Å². The predicted octanol–water partition coefficient (Wildman–Crippen LogP) is -1.27. The fourth-order valence-corrected chi connectivity index (χ4v) is 0.213. The maximum Gasteiger partial charge on any atom is 2.00 e. The first-order chi connectivity index (χ1) is 4.04. The second-order valence-corrected chi connectivity index (χ2v) is 1.30. The number of rotatable bonds is 3. The van der Waals surface area contributed by atoms with Crippen LogP contribution in [-0.4, -0.2) is 65.7 Å². The topological polar surface area (TPSA) is 91.7 Å². The van der Waals surface area contributed by atoms with Crippen LogP contribution in [0.2, 0.25) is 0 Å². The van der Waals surface area contributed by atoms with Gasteiger partial charge < -0.3 is 10.2 Å². The Morgan fingerprint density at radius 2 is 1.50 bits per heavy atom. The molecule has 0 bridgehead atoms. The van der Waals surface area contributed by atoms with Crippen molar-refractivity contribution >= 4 is 55.5 Å². The molecule has 0 radical (unpaired) electrons. The molecule has 0 rings (SSSR count). The van der Waals surface area contributed by atoms with Gasteiger partial charge in [-0.15, -0.1) is 0 Å². The van der Waals surface area contributed by atoms with E-state index in [9.17, 15) is 14.4 Å². The van der Waals surface area contributed by atoms with Crippen molar-refractivity contribution in [1.29, 1.82) is 0 Å². The molecule has 0 aliphatic heterocycles. The van der Waals surface area contributed by atoms with Crippen LogP contribution in [0.3, 0.4) is 0 Å². The Morgan fingerprint density at radius 1 is 1.10 bits per heavy atom. The van der Waals surface area contributed by atoms with Crippen LogP contribution in [0.25, 0.3) is 0 Å². The van der Waals surface area contributed by atoms with E-state index >= 15 is 0 Å². The molecular formula is C4H4CaO5+2. The Hall–Kier alpha value is -0.130. The van der Waals surface area contributed by atoms with Crippen LogP contribution in [0, 0.1) is 0 Å². The van der Waals surface area contributed by atoms with E-state index in [0.29, 0.717) is 0 Å². The van der Waals surface area contributed by atoms with Crippen molar-refractivity contribution in [1.82, 2.24) is 0 Å². The molecule has 2 N–H and O–H groups in total. The normalized spacial score (nSPS) is 7.60. The monoisotopic (exact) mass is 172 g/mol. The van der Waals surface area contributed by atoms with Crippen LogP contribution >= 0.6 is 0 Å². The number of ketones is 1. The van der Waals surface area contributed by atoms with Gasteiger partial charge in [-0.25, -0.2) is 4.79 Å². The fraction of sp³-hybridized carbons (Fsp3) is 0.250. The van der Waals surface area contributed by atoms with E-state index in [4.69, 9.17) is 10.2 Å². The molecule has 0 aromatic carbocycles. The van der Waals surface area contributed by atoms with Gasteiger partial charge in [0.1, 0.15) is 6.42 Å². The number of hydrogen-bond acceptors (Lipinski definition) is 3. The largest absolute Gasteiger partial charge is 2.00 e. The molecule has 0 saturated carbocycles. The zero-order chi connectivity index (χ0) is 7.44. The van der Waals surface area contributed by atoms with Gasteiger partial charge in [-0.3, -0.25) is 9.59 Å². The summed E-state index contributed by atoms with van der Waals surface area (Å²) in [5, 5.41) is 15.7. The molecule has 0 unspecified atom stereocenters. The van der Waals surface area contributed by atoms with Crippen LogP contribution < -0.4 is 0 Å². The first kappa shape index (κ1) is 12.5. The van der Waals surface area contributed by atoms with Gasteiger partial charge in [0.2, 0.25) is 0 Å². The standard InChI is InChI=1S/C4H4O5.Ca/c5-2(4(8)9)1-3(6)7;/h1H2,(H,6,7)(H,8,9);/q;+2. The summed E-state index contributed by atoms with van der Waals surface area (Å²) in [7, 11) is 0. The number of aliphatic carboxylic acids is 2. The van der Waals surface area contributed by atoms with Gasteiger partial charge in [0.05, 0.1) is 0 Å². The van der Waals surface area contributed by atoms with Crippen LogP contribution in [0.5, 0.6) is 0 Å². The smallest absolute Gasteiger partial charge is 0.481 e. The Labute approximate surface area is 86.0 Å². The zero-order valence-corrected chi connectivity index (χ0v) is 7.24. The minimum atomic E-state index is -1.71. The van der Waals surface area contributed by atoms with Crippen molar-refractivity contribution < 1.29 is 24.6 Å². The van der Waals surface area contributed by atoms with E-state index in [2.05, 4.69) is 0 Å². The Kier molecular flexibility index (Phi) is 7.07. The minimum absolute atomic E-state index is 0. The molecule has 0 aliphatic carbocycles. The average Bonchev–Trinajstić information content (AvgIpc) is 1.63. The van der Waals surface area contributed by atoms with E-state index in [1.807, 2.05) is 0 Å². The van der Waals surface area contributed by atoms with Crippen molar-refractivity contribution in [2.75, 3.05) is 0 Å². The Balaban J connectivity index is 0. The third-order valence-electron chi connectivity index (χ3n) is 0.550. The molecule has 0 saturated heterocycles. The Morgan fingerprint density at radius 3 is 1.60 bits per heavy atom. The summed E-state index contributed by atoms with van der Waals surface area (Å²) in [6.45, 7) is 0. The van der Waals surface area contributed by atoms with E-state index in [-0.39, 0.29) is 37.7 Å². The number of carbonyl (C=O) groups excluding carboxylic acids is 1. The molecule has 50 valence electrons. The summed E-state index contributed by atoms with van der Waals surface area (Å²) in [4.78, 5) is 29.2. The maximum absolute atomic E-state index is 9.97. The van der Waals surface area contributed by atoms with Crippen LogP contribution in [-0.2, 0) is 14.4 Å². The van der Waals surface area contributed by atoms with Gasteiger partial charge in [0.25, 0.3) is 5.78 Å². The van der Waals surface area contributed by atoms with Gasteiger partial charge in [-0.1, -0.05) is 0 Å². The van der Waals surface area contributed by atoms with Gasteiger partial charge in [-0.05, 0) is 0 Å². The Bertz CT molecular complexity index is 163. The summed E-state index contributed by atoms with van der Waals surface area (Å²) in [6.07, 6.45) is -0.949. The van der Waals surface area contributed by atoms with E-state index in [0.717, 1.165) is 0 Å². The van der Waals surface area contributed by atoms with Crippen molar-refractivity contribution in [3.8, 4) is 0 Å². The molecule has 0 fully saturated rings. The van der Waals surface area contributed by atoms with Crippen molar-refractivity contribution in [2.45, 2.75) is 6.42 Å². The summed E-state index contributed by atoms with van der Waals surface area (Å²) < 4.78 is 0. The van der Waals surface area contributed by atoms with Crippen molar-refractivity contribution in [2.24, 2.45) is 0 Å². The molecule has 0 aromatic rings. The van der Waals surface area contributed by atoms with E-state index in [1.165, 1.54) is 0 Å². The van der Waals surface area contributed by atoms with Crippen LogP contribution in [0.15, 0.2) is 0 Å². The first-order valence-corrected chi connectivity index (χ1v) is 2.02. The maximum atomic E-state index is 9.97. The summed E-state index contributed by atoms with van der Waals surface area (Å²) >= 11 is 0. The molecule has 0 amide bonds. The van der Waals surface area contributed by atoms with Crippen LogP contribution in [0.4, 0.5) is 0 Å². The molecule has 0 heterocycles. The molecule has 0 aliphatic rings. The number of Topliss-reactive ketones (excluding diaryl/α,β-unsaturated/α-hetero) is 1. The molecule has 10 heavy (non-hydrogen) atoms. The third kappa shape index (κ3) is 6.00. The molecular weight excluding hydrogens is 168 g/mol. The summed E-state index contributed by atoms with van der Waals surface area (Å²) in [5.41, 5.74) is 0. The molecule has 0 aromatic heterocycles. The SMILES string of the molecule is O=C(O)CC(=O)C(=O)O.[Ca+2]. The second kappa shape index (κ2) is 5.64. The van der Waals surface area contributed by atoms with Gasteiger partial charge in [0.15, 0.2) is 0 Å².